The van der Waals surface area contributed by atoms with Crippen molar-refractivity contribution >= 4 is 5.91 Å². The van der Waals surface area contributed by atoms with Crippen molar-refractivity contribution in [1.29, 1.82) is 0 Å². The maximum Gasteiger partial charge on any atom is 0.220 e. The molecule has 2 aromatic rings. The monoisotopic (exact) mass is 298 g/mol. The fourth-order valence-electron chi connectivity index (χ4n) is 2.11. The smallest absolute Gasteiger partial charge is 0.220 e. The highest BCUT2D eigenvalue weighted by Gasteiger charge is 2.02. The molecule has 1 amide bonds. The van der Waals surface area contributed by atoms with Gasteiger partial charge >= 0.3 is 0 Å². The van der Waals surface area contributed by atoms with Gasteiger partial charge in [-0.2, -0.15) is 0 Å². The third-order valence-corrected chi connectivity index (χ3v) is 3.27. The molecule has 1 aromatic carbocycles. The number of aryl methyl sites for hydroxylation is 1. The number of hydrogen-bond acceptors (Lipinski definition) is 3. The van der Waals surface area contributed by atoms with Crippen LogP contribution < -0.4 is 10.1 Å². The minimum atomic E-state index is 0.0664. The number of ether oxygens (including phenoxy) is 1. The summed E-state index contributed by atoms with van der Waals surface area (Å²) >= 11 is 0. The number of carbonyl (C=O) groups excluding carboxylic acids is 1. The van der Waals surface area contributed by atoms with Crippen LogP contribution in [0.1, 0.15) is 24.0 Å². The predicted octanol–water partition coefficient (Wildman–Crippen LogP) is 2.91. The third-order valence-electron chi connectivity index (χ3n) is 3.27. The standard InChI is InChI=1S/C18H22N2O2/c1-15-5-2-7-17(13-15)22-12-4-8-18(21)20-11-9-16-6-3-10-19-14-16/h2-3,5-7,10,13-14H,4,8-9,11-12H2,1H3,(H,20,21). The zero-order chi connectivity index (χ0) is 15.6. The van der Waals surface area contributed by atoms with Gasteiger partial charge in [0.25, 0.3) is 0 Å². The quantitative estimate of drug-likeness (QED) is 0.762. The van der Waals surface area contributed by atoms with E-state index in [9.17, 15) is 4.79 Å². The van der Waals surface area contributed by atoms with E-state index in [1.54, 1.807) is 6.20 Å². The normalized spacial score (nSPS) is 10.2. The van der Waals surface area contributed by atoms with Crippen molar-refractivity contribution in [3.05, 3.63) is 59.9 Å². The Morgan fingerprint density at radius 3 is 2.95 bits per heavy atom. The summed E-state index contributed by atoms with van der Waals surface area (Å²) in [6.07, 6.45) is 5.57. The number of carbonyl (C=O) groups is 1. The van der Waals surface area contributed by atoms with Crippen LogP contribution in [0.3, 0.4) is 0 Å². The highest BCUT2D eigenvalue weighted by molar-refractivity contribution is 5.75. The molecule has 0 unspecified atom stereocenters. The van der Waals surface area contributed by atoms with Crippen LogP contribution in [0.5, 0.6) is 5.75 Å². The van der Waals surface area contributed by atoms with Gasteiger partial charge in [-0.25, -0.2) is 0 Å². The van der Waals surface area contributed by atoms with Crippen molar-refractivity contribution in [3.63, 3.8) is 0 Å². The lowest BCUT2D eigenvalue weighted by Gasteiger charge is -2.07. The van der Waals surface area contributed by atoms with E-state index in [-0.39, 0.29) is 5.91 Å². The number of aromatic nitrogens is 1. The zero-order valence-corrected chi connectivity index (χ0v) is 12.9. The van der Waals surface area contributed by atoms with E-state index in [2.05, 4.69) is 10.3 Å². The maximum absolute atomic E-state index is 11.7. The summed E-state index contributed by atoms with van der Waals surface area (Å²) in [4.78, 5) is 15.8. The molecule has 22 heavy (non-hydrogen) atoms. The van der Waals surface area contributed by atoms with Crippen LogP contribution in [0.2, 0.25) is 0 Å². The number of benzene rings is 1. The average molecular weight is 298 g/mol. The number of amides is 1. The van der Waals surface area contributed by atoms with Gasteiger partial charge in [-0.15, -0.1) is 0 Å². The van der Waals surface area contributed by atoms with Crippen LogP contribution in [0.25, 0.3) is 0 Å². The van der Waals surface area contributed by atoms with E-state index in [0.29, 0.717) is 26.0 Å². The topological polar surface area (TPSA) is 51.2 Å². The minimum Gasteiger partial charge on any atom is -0.494 e. The van der Waals surface area contributed by atoms with Gasteiger partial charge in [0.15, 0.2) is 0 Å². The number of nitrogens with one attached hydrogen (secondary N) is 1. The molecular weight excluding hydrogens is 276 g/mol. The van der Waals surface area contributed by atoms with E-state index < -0.39 is 0 Å². The second-order valence-electron chi connectivity index (χ2n) is 5.23. The largest absolute Gasteiger partial charge is 0.494 e. The fourth-order valence-corrected chi connectivity index (χ4v) is 2.11. The molecule has 0 aliphatic rings. The molecule has 0 fully saturated rings. The van der Waals surface area contributed by atoms with Crippen LogP contribution in [-0.4, -0.2) is 24.0 Å². The summed E-state index contributed by atoms with van der Waals surface area (Å²) in [5.74, 6) is 0.925. The lowest BCUT2D eigenvalue weighted by atomic mass is 10.2. The maximum atomic E-state index is 11.7. The molecule has 0 aliphatic heterocycles. The SMILES string of the molecule is Cc1cccc(OCCCC(=O)NCCc2cccnc2)c1. The first kappa shape index (κ1) is 16.0. The number of nitrogens with zero attached hydrogens (tertiary/aromatic N) is 1. The molecule has 1 aromatic heterocycles. The summed E-state index contributed by atoms with van der Waals surface area (Å²) < 4.78 is 5.62. The summed E-state index contributed by atoms with van der Waals surface area (Å²) in [6.45, 7) is 3.23. The molecule has 0 saturated carbocycles. The van der Waals surface area contributed by atoms with Gasteiger partial charge in [0, 0.05) is 25.4 Å². The van der Waals surface area contributed by atoms with Crippen molar-refractivity contribution in [1.82, 2.24) is 10.3 Å². The van der Waals surface area contributed by atoms with Crippen molar-refractivity contribution in [2.45, 2.75) is 26.2 Å². The summed E-state index contributed by atoms with van der Waals surface area (Å²) in [7, 11) is 0. The predicted molar refractivity (Wildman–Crippen MR) is 86.9 cm³/mol. The van der Waals surface area contributed by atoms with E-state index in [1.807, 2.05) is 49.5 Å². The number of pyridine rings is 1. The Morgan fingerprint density at radius 2 is 2.18 bits per heavy atom. The third kappa shape index (κ3) is 5.95. The van der Waals surface area contributed by atoms with Gasteiger partial charge in [0.2, 0.25) is 5.91 Å². The van der Waals surface area contributed by atoms with Crippen molar-refractivity contribution in [3.8, 4) is 5.75 Å². The van der Waals surface area contributed by atoms with Crippen molar-refractivity contribution in [2.24, 2.45) is 0 Å². The molecule has 0 radical (unpaired) electrons. The average Bonchev–Trinajstić information content (AvgIpc) is 2.53. The van der Waals surface area contributed by atoms with Crippen LogP contribution >= 0.6 is 0 Å². The molecule has 116 valence electrons. The lowest BCUT2D eigenvalue weighted by Crippen LogP contribution is -2.25. The zero-order valence-electron chi connectivity index (χ0n) is 12.9. The van der Waals surface area contributed by atoms with Gasteiger partial charge in [-0.1, -0.05) is 18.2 Å². The van der Waals surface area contributed by atoms with Crippen molar-refractivity contribution < 1.29 is 9.53 Å². The van der Waals surface area contributed by atoms with Gasteiger partial charge in [-0.05, 0) is 49.1 Å². The lowest BCUT2D eigenvalue weighted by molar-refractivity contribution is -0.121. The second-order valence-corrected chi connectivity index (χ2v) is 5.23. The molecular formula is C18H22N2O2. The second kappa shape index (κ2) is 8.82. The Kier molecular flexibility index (Phi) is 6.42. The molecule has 1 N–H and O–H groups in total. The molecule has 0 spiro atoms. The van der Waals surface area contributed by atoms with Crippen LogP contribution in [-0.2, 0) is 11.2 Å². The first-order valence-corrected chi connectivity index (χ1v) is 7.59. The highest BCUT2D eigenvalue weighted by Crippen LogP contribution is 2.12. The van der Waals surface area contributed by atoms with Crippen LogP contribution in [0, 0.1) is 6.92 Å². The molecule has 0 aliphatic carbocycles. The molecule has 2 rings (SSSR count). The molecule has 1 heterocycles. The first-order valence-electron chi connectivity index (χ1n) is 7.59. The van der Waals surface area contributed by atoms with Gasteiger partial charge in [0.05, 0.1) is 6.61 Å². The number of rotatable bonds is 8. The first-order chi connectivity index (χ1) is 10.7. The fraction of sp³-hybridized carbons (Fsp3) is 0.333. The summed E-state index contributed by atoms with van der Waals surface area (Å²) in [6, 6.07) is 11.8. The van der Waals surface area contributed by atoms with Gasteiger partial charge in [-0.3, -0.25) is 9.78 Å². The molecule has 0 bridgehead atoms. The van der Waals surface area contributed by atoms with Crippen molar-refractivity contribution in [2.75, 3.05) is 13.2 Å². The van der Waals surface area contributed by atoms with E-state index >= 15 is 0 Å². The Balaban J connectivity index is 1.56. The van der Waals surface area contributed by atoms with Crippen LogP contribution in [0.4, 0.5) is 0 Å². The van der Waals surface area contributed by atoms with Gasteiger partial charge < -0.3 is 10.1 Å². The molecule has 4 heteroatoms. The minimum absolute atomic E-state index is 0.0664. The Bertz CT molecular complexity index is 585. The van der Waals surface area contributed by atoms with E-state index in [1.165, 1.54) is 5.56 Å². The van der Waals surface area contributed by atoms with Gasteiger partial charge in [0.1, 0.15) is 5.75 Å². The summed E-state index contributed by atoms with van der Waals surface area (Å²) in [5, 5.41) is 2.92. The molecule has 0 atom stereocenters. The van der Waals surface area contributed by atoms with Crippen LogP contribution in [0.15, 0.2) is 48.8 Å². The Morgan fingerprint density at radius 1 is 1.27 bits per heavy atom. The summed E-state index contributed by atoms with van der Waals surface area (Å²) in [5.41, 5.74) is 2.30. The van der Waals surface area contributed by atoms with E-state index in [0.717, 1.165) is 17.7 Å². The Hall–Kier alpha value is -2.36. The highest BCUT2D eigenvalue weighted by atomic mass is 16.5. The molecule has 0 saturated heterocycles. The molecule has 4 nitrogen and oxygen atoms in total. The number of hydrogen-bond donors (Lipinski definition) is 1. The Labute approximate surface area is 131 Å². The van der Waals surface area contributed by atoms with E-state index in [4.69, 9.17) is 4.74 Å².